The Labute approximate surface area is 159 Å². The number of aromatic nitrogens is 1. The van der Waals surface area contributed by atoms with Crippen LogP contribution in [0.5, 0.6) is 5.75 Å². The zero-order valence-electron chi connectivity index (χ0n) is 15.1. The number of nitrogens with zero attached hydrogens (tertiary/aromatic N) is 2. The van der Waals surface area contributed by atoms with Crippen LogP contribution in [0.4, 0.5) is 19.0 Å². The maximum atomic E-state index is 12.1. The van der Waals surface area contributed by atoms with E-state index in [0.717, 1.165) is 5.56 Å². The molecule has 2 rings (SSSR count). The number of aliphatic imine (C=N–C) groups is 1. The van der Waals surface area contributed by atoms with Gasteiger partial charge in [0.25, 0.3) is 0 Å². The monoisotopic (exact) mass is 395 g/mol. The van der Waals surface area contributed by atoms with E-state index in [-0.39, 0.29) is 37.1 Å². The molecule has 1 aromatic carbocycles. The van der Waals surface area contributed by atoms with E-state index in [1.54, 1.807) is 12.3 Å². The molecule has 0 saturated heterocycles. The van der Waals surface area contributed by atoms with E-state index in [4.69, 9.17) is 5.73 Å². The lowest BCUT2D eigenvalue weighted by Crippen LogP contribution is -2.34. The summed E-state index contributed by atoms with van der Waals surface area (Å²) in [6, 6.07) is 8.87. The standard InChI is InChI=1S/C18H20F3N5O2/c1-12-2-7-15(24-10-12)26-16(27)8-9-23-17(22)25-11-13-3-5-14(6-4-13)28-18(19,20)21/h2-7,10H,8-9,11H2,1H3,(H3,22,23,25)(H,24,26,27). The molecule has 0 bridgehead atoms. The van der Waals surface area contributed by atoms with Gasteiger partial charge >= 0.3 is 6.36 Å². The topological polar surface area (TPSA) is 102 Å². The third-order valence-electron chi connectivity index (χ3n) is 3.43. The molecule has 1 heterocycles. The molecular formula is C18H20F3N5O2. The first-order valence-corrected chi connectivity index (χ1v) is 8.32. The Morgan fingerprint density at radius 3 is 2.54 bits per heavy atom. The number of amides is 1. The second-order valence-corrected chi connectivity index (χ2v) is 5.84. The highest BCUT2D eigenvalue weighted by Gasteiger charge is 2.30. The molecule has 1 aromatic heterocycles. The average Bonchev–Trinajstić information content (AvgIpc) is 2.62. The number of benzene rings is 1. The van der Waals surface area contributed by atoms with Crippen LogP contribution in [0.25, 0.3) is 0 Å². The molecule has 0 atom stereocenters. The van der Waals surface area contributed by atoms with Gasteiger partial charge in [-0.15, -0.1) is 13.2 Å². The molecule has 0 aliphatic carbocycles. The van der Waals surface area contributed by atoms with Crippen molar-refractivity contribution in [3.63, 3.8) is 0 Å². The number of hydrogen-bond donors (Lipinski definition) is 3. The molecule has 7 nitrogen and oxygen atoms in total. The summed E-state index contributed by atoms with van der Waals surface area (Å²) in [6.45, 7) is 2.34. The Bertz CT molecular complexity index is 805. The molecule has 0 saturated carbocycles. The molecule has 4 N–H and O–H groups in total. The Hall–Kier alpha value is -3.30. The molecule has 0 fully saturated rings. The van der Waals surface area contributed by atoms with Crippen molar-refractivity contribution in [2.75, 3.05) is 11.9 Å². The Kier molecular flexibility index (Phi) is 7.19. The number of alkyl halides is 3. The van der Waals surface area contributed by atoms with Gasteiger partial charge in [-0.25, -0.2) is 9.98 Å². The van der Waals surface area contributed by atoms with Gasteiger partial charge in [-0.05, 0) is 36.2 Å². The normalized spacial score (nSPS) is 11.8. The van der Waals surface area contributed by atoms with Crippen LogP contribution in [0.2, 0.25) is 0 Å². The van der Waals surface area contributed by atoms with Gasteiger partial charge in [0.2, 0.25) is 5.91 Å². The quantitative estimate of drug-likeness (QED) is 0.494. The number of halogens is 3. The number of rotatable bonds is 7. The largest absolute Gasteiger partial charge is 0.573 e. The fraction of sp³-hybridized carbons (Fsp3) is 0.278. The summed E-state index contributed by atoms with van der Waals surface area (Å²) < 4.78 is 40.1. The number of guanidine groups is 1. The molecule has 1 amide bonds. The minimum atomic E-state index is -4.73. The van der Waals surface area contributed by atoms with Crippen LogP contribution in [0.15, 0.2) is 47.6 Å². The van der Waals surface area contributed by atoms with Gasteiger partial charge in [-0.1, -0.05) is 18.2 Å². The van der Waals surface area contributed by atoms with E-state index in [1.165, 1.54) is 24.3 Å². The summed E-state index contributed by atoms with van der Waals surface area (Å²) in [5.74, 6) is 0.0596. The maximum Gasteiger partial charge on any atom is 0.573 e. The van der Waals surface area contributed by atoms with Crippen LogP contribution in [-0.2, 0) is 11.3 Å². The number of carbonyl (C=O) groups is 1. The van der Waals surface area contributed by atoms with Crippen LogP contribution in [0.1, 0.15) is 17.5 Å². The zero-order chi connectivity index (χ0) is 20.6. The number of nitrogens with one attached hydrogen (secondary N) is 2. The lowest BCUT2D eigenvalue weighted by atomic mass is 10.2. The highest BCUT2D eigenvalue weighted by atomic mass is 19.4. The van der Waals surface area contributed by atoms with E-state index in [1.807, 2.05) is 13.0 Å². The molecule has 28 heavy (non-hydrogen) atoms. The molecule has 0 aliphatic heterocycles. The number of carbonyl (C=O) groups excluding carboxylic acids is 1. The minimum Gasteiger partial charge on any atom is -0.406 e. The van der Waals surface area contributed by atoms with E-state index in [2.05, 4.69) is 25.3 Å². The van der Waals surface area contributed by atoms with Crippen molar-refractivity contribution in [3.05, 3.63) is 53.7 Å². The summed E-state index contributed by atoms with van der Waals surface area (Å²) in [4.78, 5) is 20.0. The summed E-state index contributed by atoms with van der Waals surface area (Å²) in [6.07, 6.45) is -2.91. The summed E-state index contributed by atoms with van der Waals surface area (Å²) >= 11 is 0. The SMILES string of the molecule is Cc1ccc(NC(=O)CCNC(N)=NCc2ccc(OC(F)(F)F)cc2)nc1. The van der Waals surface area contributed by atoms with Crippen LogP contribution in [0.3, 0.4) is 0 Å². The second kappa shape index (κ2) is 9.58. The Morgan fingerprint density at radius 2 is 1.93 bits per heavy atom. The van der Waals surface area contributed by atoms with Crippen LogP contribution < -0.4 is 21.1 Å². The predicted octanol–water partition coefficient (Wildman–Crippen LogP) is 2.72. The van der Waals surface area contributed by atoms with Crippen molar-refractivity contribution in [1.82, 2.24) is 10.3 Å². The number of aryl methyl sites for hydroxylation is 1. The lowest BCUT2D eigenvalue weighted by molar-refractivity contribution is -0.274. The van der Waals surface area contributed by atoms with Crippen molar-refractivity contribution >= 4 is 17.7 Å². The zero-order valence-corrected chi connectivity index (χ0v) is 15.1. The molecule has 10 heteroatoms. The summed E-state index contributed by atoms with van der Waals surface area (Å²) in [7, 11) is 0. The summed E-state index contributed by atoms with van der Waals surface area (Å²) in [5.41, 5.74) is 7.36. The fourth-order valence-corrected chi connectivity index (χ4v) is 2.08. The third-order valence-corrected chi connectivity index (χ3v) is 3.43. The smallest absolute Gasteiger partial charge is 0.406 e. The van der Waals surface area contributed by atoms with Crippen molar-refractivity contribution in [1.29, 1.82) is 0 Å². The first-order chi connectivity index (χ1) is 13.2. The van der Waals surface area contributed by atoms with Gasteiger partial charge in [-0.2, -0.15) is 0 Å². The first-order valence-electron chi connectivity index (χ1n) is 8.32. The number of nitrogens with two attached hydrogens (primary N) is 1. The minimum absolute atomic E-state index is 0.122. The number of anilines is 1. The summed E-state index contributed by atoms with van der Waals surface area (Å²) in [5, 5.41) is 5.45. The van der Waals surface area contributed by atoms with Gasteiger partial charge in [0.15, 0.2) is 5.96 Å². The average molecular weight is 395 g/mol. The van der Waals surface area contributed by atoms with Gasteiger partial charge in [0.05, 0.1) is 6.54 Å². The van der Waals surface area contributed by atoms with E-state index in [9.17, 15) is 18.0 Å². The third kappa shape index (κ3) is 7.94. The number of ether oxygens (including phenoxy) is 1. The second-order valence-electron chi connectivity index (χ2n) is 5.84. The van der Waals surface area contributed by atoms with E-state index >= 15 is 0 Å². The molecule has 150 valence electrons. The Morgan fingerprint density at radius 1 is 1.21 bits per heavy atom. The molecular weight excluding hydrogens is 375 g/mol. The van der Waals surface area contributed by atoms with Crippen molar-refractivity contribution in [2.45, 2.75) is 26.3 Å². The molecule has 0 spiro atoms. The van der Waals surface area contributed by atoms with Crippen LogP contribution in [-0.4, -0.2) is 29.8 Å². The van der Waals surface area contributed by atoms with Crippen molar-refractivity contribution < 1.29 is 22.7 Å². The van der Waals surface area contributed by atoms with Crippen LogP contribution >= 0.6 is 0 Å². The molecule has 0 radical (unpaired) electrons. The van der Waals surface area contributed by atoms with E-state index in [0.29, 0.717) is 11.4 Å². The maximum absolute atomic E-state index is 12.1. The number of pyridine rings is 1. The van der Waals surface area contributed by atoms with Crippen molar-refractivity contribution in [3.8, 4) is 5.75 Å². The highest BCUT2D eigenvalue weighted by Crippen LogP contribution is 2.22. The Balaban J connectivity index is 1.72. The van der Waals surface area contributed by atoms with E-state index < -0.39 is 6.36 Å². The number of hydrogen-bond acceptors (Lipinski definition) is 4. The van der Waals surface area contributed by atoms with Gasteiger partial charge in [0.1, 0.15) is 11.6 Å². The lowest BCUT2D eigenvalue weighted by Gasteiger charge is -2.09. The van der Waals surface area contributed by atoms with Gasteiger partial charge in [-0.3, -0.25) is 4.79 Å². The molecule has 0 unspecified atom stereocenters. The fourth-order valence-electron chi connectivity index (χ4n) is 2.08. The van der Waals surface area contributed by atoms with Gasteiger partial charge < -0.3 is 21.1 Å². The first kappa shape index (κ1) is 21.0. The predicted molar refractivity (Wildman–Crippen MR) is 98.7 cm³/mol. The molecule has 0 aliphatic rings. The highest BCUT2D eigenvalue weighted by molar-refractivity contribution is 5.90. The van der Waals surface area contributed by atoms with Gasteiger partial charge in [0, 0.05) is 19.2 Å². The van der Waals surface area contributed by atoms with Crippen LogP contribution in [0, 0.1) is 6.92 Å². The van der Waals surface area contributed by atoms with Crippen molar-refractivity contribution in [2.24, 2.45) is 10.7 Å². The molecule has 2 aromatic rings.